The lowest BCUT2D eigenvalue weighted by Crippen LogP contribution is -2.21. The van der Waals surface area contributed by atoms with Crippen molar-refractivity contribution in [1.29, 1.82) is 0 Å². The molecule has 0 unspecified atom stereocenters. The van der Waals surface area contributed by atoms with Crippen LogP contribution in [-0.4, -0.2) is 32.3 Å². The molecule has 0 N–H and O–H groups in total. The topological polar surface area (TPSA) is 61.8 Å². The van der Waals surface area contributed by atoms with E-state index >= 15 is 0 Å². The SMILES string of the molecule is CCOC(=O)C(=O)OCCc1cccc(OC)c1. The Morgan fingerprint density at radius 1 is 1.17 bits per heavy atom. The highest BCUT2D eigenvalue weighted by molar-refractivity contribution is 6.29. The molecule has 0 aromatic heterocycles. The quantitative estimate of drug-likeness (QED) is 0.584. The summed E-state index contributed by atoms with van der Waals surface area (Å²) in [7, 11) is 1.58. The van der Waals surface area contributed by atoms with Crippen LogP contribution >= 0.6 is 0 Å². The fourth-order valence-electron chi connectivity index (χ4n) is 1.34. The number of esters is 2. The third kappa shape index (κ3) is 4.45. The first-order chi connectivity index (χ1) is 8.67. The Morgan fingerprint density at radius 3 is 2.56 bits per heavy atom. The van der Waals surface area contributed by atoms with Crippen molar-refractivity contribution in [2.24, 2.45) is 0 Å². The number of hydrogen-bond acceptors (Lipinski definition) is 5. The van der Waals surface area contributed by atoms with E-state index in [2.05, 4.69) is 4.74 Å². The number of methoxy groups -OCH3 is 1. The summed E-state index contributed by atoms with van der Waals surface area (Å²) < 4.78 is 14.4. The molecular weight excluding hydrogens is 236 g/mol. The second-order valence-corrected chi connectivity index (χ2v) is 3.46. The van der Waals surface area contributed by atoms with Crippen LogP contribution in [0.4, 0.5) is 0 Å². The number of carbonyl (C=O) groups excluding carboxylic acids is 2. The van der Waals surface area contributed by atoms with Crippen LogP contribution in [0, 0.1) is 0 Å². The maximum Gasteiger partial charge on any atom is 0.417 e. The van der Waals surface area contributed by atoms with Crippen LogP contribution in [0.15, 0.2) is 24.3 Å². The van der Waals surface area contributed by atoms with Crippen LogP contribution in [0.3, 0.4) is 0 Å². The molecule has 1 aromatic rings. The van der Waals surface area contributed by atoms with Crippen LogP contribution < -0.4 is 4.74 Å². The molecule has 0 saturated heterocycles. The molecule has 0 aliphatic rings. The van der Waals surface area contributed by atoms with Crippen molar-refractivity contribution < 1.29 is 23.8 Å². The van der Waals surface area contributed by atoms with Gasteiger partial charge in [-0.05, 0) is 24.6 Å². The van der Waals surface area contributed by atoms with Gasteiger partial charge >= 0.3 is 11.9 Å². The zero-order valence-electron chi connectivity index (χ0n) is 10.5. The summed E-state index contributed by atoms with van der Waals surface area (Å²) in [5, 5.41) is 0. The second-order valence-electron chi connectivity index (χ2n) is 3.46. The molecule has 0 amide bonds. The molecule has 5 heteroatoms. The third-order valence-corrected chi connectivity index (χ3v) is 2.20. The first kappa shape index (κ1) is 14.0. The molecule has 1 aromatic carbocycles. The highest BCUT2D eigenvalue weighted by Gasteiger charge is 2.15. The first-order valence-electron chi connectivity index (χ1n) is 5.64. The molecule has 0 heterocycles. The van der Waals surface area contributed by atoms with Gasteiger partial charge in [0.1, 0.15) is 5.75 Å². The van der Waals surface area contributed by atoms with E-state index in [0.717, 1.165) is 11.3 Å². The summed E-state index contributed by atoms with van der Waals surface area (Å²) in [6, 6.07) is 7.41. The van der Waals surface area contributed by atoms with Gasteiger partial charge in [-0.1, -0.05) is 12.1 Å². The average molecular weight is 252 g/mol. The van der Waals surface area contributed by atoms with E-state index in [-0.39, 0.29) is 13.2 Å². The summed E-state index contributed by atoms with van der Waals surface area (Å²) in [5.74, 6) is -1.17. The Bertz CT molecular complexity index is 414. The lowest BCUT2D eigenvalue weighted by atomic mass is 10.1. The number of hydrogen-bond donors (Lipinski definition) is 0. The Kier molecular flexibility index (Phi) is 5.70. The number of carbonyl (C=O) groups is 2. The Hall–Kier alpha value is -2.04. The van der Waals surface area contributed by atoms with Gasteiger partial charge in [0.05, 0.1) is 20.3 Å². The summed E-state index contributed by atoms with van der Waals surface area (Å²) in [4.78, 5) is 22.1. The molecule has 0 radical (unpaired) electrons. The van der Waals surface area contributed by atoms with E-state index in [1.165, 1.54) is 0 Å². The van der Waals surface area contributed by atoms with Gasteiger partial charge in [-0.2, -0.15) is 0 Å². The molecule has 0 aliphatic heterocycles. The number of benzene rings is 1. The van der Waals surface area contributed by atoms with E-state index in [1.807, 2.05) is 24.3 Å². The fourth-order valence-corrected chi connectivity index (χ4v) is 1.34. The maximum absolute atomic E-state index is 11.1. The lowest BCUT2D eigenvalue weighted by Gasteiger charge is -2.05. The van der Waals surface area contributed by atoms with Crippen LogP contribution in [0.1, 0.15) is 12.5 Å². The van der Waals surface area contributed by atoms with Crippen molar-refractivity contribution >= 4 is 11.9 Å². The largest absolute Gasteiger partial charge is 0.497 e. The molecule has 0 atom stereocenters. The molecule has 0 saturated carbocycles. The van der Waals surface area contributed by atoms with E-state index in [9.17, 15) is 9.59 Å². The molecular formula is C13H16O5. The Balaban J connectivity index is 2.37. The van der Waals surface area contributed by atoms with E-state index in [4.69, 9.17) is 9.47 Å². The summed E-state index contributed by atoms with van der Waals surface area (Å²) in [6.07, 6.45) is 0.516. The summed E-state index contributed by atoms with van der Waals surface area (Å²) in [5.41, 5.74) is 0.964. The minimum atomic E-state index is -0.959. The Labute approximate surface area is 106 Å². The normalized spacial score (nSPS) is 9.67. The highest BCUT2D eigenvalue weighted by Crippen LogP contribution is 2.12. The van der Waals surface area contributed by atoms with Gasteiger partial charge < -0.3 is 14.2 Å². The van der Waals surface area contributed by atoms with Gasteiger partial charge in [0.25, 0.3) is 0 Å². The van der Waals surface area contributed by atoms with Crippen molar-refractivity contribution in [3.63, 3.8) is 0 Å². The zero-order chi connectivity index (χ0) is 13.4. The standard InChI is InChI=1S/C13H16O5/c1-3-17-12(14)13(15)18-8-7-10-5-4-6-11(9-10)16-2/h4-6,9H,3,7-8H2,1-2H3. The van der Waals surface area contributed by atoms with Gasteiger partial charge in [0.15, 0.2) is 0 Å². The third-order valence-electron chi connectivity index (χ3n) is 2.20. The van der Waals surface area contributed by atoms with Crippen LogP contribution in [0.5, 0.6) is 5.75 Å². The minimum absolute atomic E-state index is 0.130. The molecule has 18 heavy (non-hydrogen) atoms. The first-order valence-corrected chi connectivity index (χ1v) is 5.64. The van der Waals surface area contributed by atoms with Gasteiger partial charge in [-0.15, -0.1) is 0 Å². The van der Waals surface area contributed by atoms with Crippen LogP contribution in [0.25, 0.3) is 0 Å². The predicted octanol–water partition coefficient (Wildman–Crippen LogP) is 1.34. The van der Waals surface area contributed by atoms with Gasteiger partial charge in [-0.3, -0.25) is 0 Å². The smallest absolute Gasteiger partial charge is 0.417 e. The Morgan fingerprint density at radius 2 is 1.89 bits per heavy atom. The molecule has 1 rings (SSSR count). The van der Waals surface area contributed by atoms with Crippen molar-refractivity contribution in [2.45, 2.75) is 13.3 Å². The van der Waals surface area contributed by atoms with Crippen molar-refractivity contribution in [3.8, 4) is 5.75 Å². The molecule has 0 spiro atoms. The molecule has 98 valence electrons. The second kappa shape index (κ2) is 7.32. The molecule has 0 bridgehead atoms. The van der Waals surface area contributed by atoms with Gasteiger partial charge in [0.2, 0.25) is 0 Å². The molecule has 5 nitrogen and oxygen atoms in total. The van der Waals surface area contributed by atoms with Crippen LogP contribution in [0.2, 0.25) is 0 Å². The number of ether oxygens (including phenoxy) is 3. The van der Waals surface area contributed by atoms with Gasteiger partial charge in [-0.25, -0.2) is 9.59 Å². The van der Waals surface area contributed by atoms with Crippen LogP contribution in [-0.2, 0) is 25.5 Å². The fraction of sp³-hybridized carbons (Fsp3) is 0.385. The molecule has 0 fully saturated rings. The van der Waals surface area contributed by atoms with Crippen molar-refractivity contribution in [2.75, 3.05) is 20.3 Å². The predicted molar refractivity (Wildman–Crippen MR) is 64.3 cm³/mol. The maximum atomic E-state index is 11.1. The van der Waals surface area contributed by atoms with E-state index < -0.39 is 11.9 Å². The van der Waals surface area contributed by atoms with Gasteiger partial charge in [0, 0.05) is 6.42 Å². The monoisotopic (exact) mass is 252 g/mol. The molecule has 0 aliphatic carbocycles. The van der Waals surface area contributed by atoms with E-state index in [0.29, 0.717) is 6.42 Å². The van der Waals surface area contributed by atoms with Crippen molar-refractivity contribution in [1.82, 2.24) is 0 Å². The lowest BCUT2D eigenvalue weighted by molar-refractivity contribution is -0.167. The number of rotatable bonds is 5. The van der Waals surface area contributed by atoms with Crippen molar-refractivity contribution in [3.05, 3.63) is 29.8 Å². The highest BCUT2D eigenvalue weighted by atomic mass is 16.6. The average Bonchev–Trinajstić information content (AvgIpc) is 2.39. The summed E-state index contributed by atoms with van der Waals surface area (Å²) >= 11 is 0. The van der Waals surface area contributed by atoms with E-state index in [1.54, 1.807) is 14.0 Å². The zero-order valence-corrected chi connectivity index (χ0v) is 10.5. The summed E-state index contributed by atoms with van der Waals surface area (Å²) in [6.45, 7) is 1.91. The minimum Gasteiger partial charge on any atom is -0.497 e.